The van der Waals surface area contributed by atoms with Crippen LogP contribution in [-0.2, 0) is 0 Å². The van der Waals surface area contributed by atoms with E-state index in [-0.39, 0.29) is 0 Å². The van der Waals surface area contributed by atoms with Crippen molar-refractivity contribution in [3.8, 4) is 5.75 Å². The normalized spacial score (nSPS) is 16.9. The molecule has 2 rings (SSSR count). The first-order valence-corrected chi connectivity index (χ1v) is 7.52. The number of nitrogens with zero attached hydrogens (tertiary/aromatic N) is 2. The van der Waals surface area contributed by atoms with Crippen LogP contribution in [0.2, 0.25) is 0 Å². The summed E-state index contributed by atoms with van der Waals surface area (Å²) in [6, 6.07) is 0.733. The minimum atomic E-state index is 0.365. The zero-order valence-corrected chi connectivity index (χ0v) is 12.6. The SMILES string of the molecule is CCCNC(CC1CC1)c1c(OC)cnn1C(C)C. The maximum atomic E-state index is 5.52. The second-order valence-corrected chi connectivity index (χ2v) is 5.82. The summed E-state index contributed by atoms with van der Waals surface area (Å²) in [7, 11) is 1.74. The van der Waals surface area contributed by atoms with Crippen molar-refractivity contribution < 1.29 is 4.74 Å². The van der Waals surface area contributed by atoms with Gasteiger partial charge < -0.3 is 10.1 Å². The minimum Gasteiger partial charge on any atom is -0.493 e. The molecule has 1 aromatic rings. The van der Waals surface area contributed by atoms with Crippen LogP contribution in [0.25, 0.3) is 0 Å². The number of hydrogen-bond donors (Lipinski definition) is 1. The van der Waals surface area contributed by atoms with E-state index < -0.39 is 0 Å². The maximum Gasteiger partial charge on any atom is 0.161 e. The Morgan fingerprint density at radius 2 is 2.21 bits per heavy atom. The molecule has 4 heteroatoms. The molecule has 1 aliphatic rings. The van der Waals surface area contributed by atoms with Crippen LogP contribution in [0.3, 0.4) is 0 Å². The number of hydrogen-bond acceptors (Lipinski definition) is 3. The first-order valence-electron chi connectivity index (χ1n) is 7.52. The Hall–Kier alpha value is -1.03. The van der Waals surface area contributed by atoms with Crippen molar-refractivity contribution in [3.05, 3.63) is 11.9 Å². The standard InChI is InChI=1S/C15H27N3O/c1-5-8-16-13(9-12-6-7-12)15-14(19-4)10-17-18(15)11(2)3/h10-13,16H,5-9H2,1-4H3. The van der Waals surface area contributed by atoms with Crippen LogP contribution in [0.1, 0.15) is 64.2 Å². The van der Waals surface area contributed by atoms with Crippen molar-refractivity contribution in [2.45, 2.75) is 58.5 Å². The summed E-state index contributed by atoms with van der Waals surface area (Å²) in [4.78, 5) is 0. The van der Waals surface area contributed by atoms with Crippen molar-refractivity contribution in [2.75, 3.05) is 13.7 Å². The van der Waals surface area contributed by atoms with Gasteiger partial charge in [0.15, 0.2) is 5.75 Å². The highest BCUT2D eigenvalue weighted by Crippen LogP contribution is 2.40. The third-order valence-electron chi connectivity index (χ3n) is 3.74. The fourth-order valence-corrected chi connectivity index (χ4v) is 2.55. The van der Waals surface area contributed by atoms with E-state index in [1.165, 1.54) is 25.0 Å². The van der Waals surface area contributed by atoms with Gasteiger partial charge in [0.2, 0.25) is 0 Å². The van der Waals surface area contributed by atoms with E-state index >= 15 is 0 Å². The highest BCUT2D eigenvalue weighted by Gasteiger charge is 2.30. The van der Waals surface area contributed by atoms with Gasteiger partial charge in [-0.05, 0) is 39.2 Å². The molecule has 0 aliphatic heterocycles. The van der Waals surface area contributed by atoms with Crippen molar-refractivity contribution >= 4 is 0 Å². The smallest absolute Gasteiger partial charge is 0.161 e. The summed E-state index contributed by atoms with van der Waals surface area (Å²) in [5, 5.41) is 8.17. The summed E-state index contributed by atoms with van der Waals surface area (Å²) < 4.78 is 7.62. The van der Waals surface area contributed by atoms with Crippen molar-refractivity contribution in [1.29, 1.82) is 0 Å². The van der Waals surface area contributed by atoms with E-state index in [0.29, 0.717) is 12.1 Å². The van der Waals surface area contributed by atoms with Gasteiger partial charge in [0.1, 0.15) is 0 Å². The lowest BCUT2D eigenvalue weighted by Gasteiger charge is -2.22. The zero-order chi connectivity index (χ0) is 13.8. The van der Waals surface area contributed by atoms with Gasteiger partial charge in [0, 0.05) is 6.04 Å². The number of aromatic nitrogens is 2. The van der Waals surface area contributed by atoms with E-state index in [1.807, 2.05) is 6.20 Å². The monoisotopic (exact) mass is 265 g/mol. The molecule has 4 nitrogen and oxygen atoms in total. The molecule has 1 heterocycles. The van der Waals surface area contributed by atoms with Crippen LogP contribution < -0.4 is 10.1 Å². The highest BCUT2D eigenvalue weighted by molar-refractivity contribution is 5.29. The summed E-state index contributed by atoms with van der Waals surface area (Å²) in [6.45, 7) is 7.59. The number of rotatable bonds is 8. The molecule has 108 valence electrons. The molecule has 19 heavy (non-hydrogen) atoms. The first kappa shape index (κ1) is 14.4. The van der Waals surface area contributed by atoms with Crippen LogP contribution in [0, 0.1) is 5.92 Å². The van der Waals surface area contributed by atoms with E-state index in [9.17, 15) is 0 Å². The van der Waals surface area contributed by atoms with Gasteiger partial charge in [-0.15, -0.1) is 0 Å². The summed E-state index contributed by atoms with van der Waals surface area (Å²) in [5.41, 5.74) is 1.22. The lowest BCUT2D eigenvalue weighted by molar-refractivity contribution is 0.370. The Labute approximate surface area is 116 Å². The Balaban J connectivity index is 2.23. The molecular weight excluding hydrogens is 238 g/mol. The molecule has 0 saturated heterocycles. The summed E-state index contributed by atoms with van der Waals surface area (Å²) >= 11 is 0. The maximum absolute atomic E-state index is 5.52. The minimum absolute atomic E-state index is 0.365. The van der Waals surface area contributed by atoms with Crippen LogP contribution in [0.4, 0.5) is 0 Å². The molecule has 1 unspecified atom stereocenters. The highest BCUT2D eigenvalue weighted by atomic mass is 16.5. The average molecular weight is 265 g/mol. The van der Waals surface area contributed by atoms with E-state index in [2.05, 4.69) is 35.9 Å². The van der Waals surface area contributed by atoms with E-state index in [0.717, 1.165) is 24.6 Å². The topological polar surface area (TPSA) is 39.1 Å². The zero-order valence-electron chi connectivity index (χ0n) is 12.6. The van der Waals surface area contributed by atoms with Crippen LogP contribution in [0.5, 0.6) is 5.75 Å². The fraction of sp³-hybridized carbons (Fsp3) is 0.800. The van der Waals surface area contributed by atoms with Crippen LogP contribution in [-0.4, -0.2) is 23.4 Å². The lowest BCUT2D eigenvalue weighted by Crippen LogP contribution is -2.26. The summed E-state index contributed by atoms with van der Waals surface area (Å²) in [5.74, 6) is 1.80. The molecular formula is C15H27N3O. The molecule has 1 saturated carbocycles. The first-order chi connectivity index (χ1) is 9.17. The lowest BCUT2D eigenvalue weighted by atomic mass is 10.1. The molecule has 1 fully saturated rings. The molecule has 0 bridgehead atoms. The van der Waals surface area contributed by atoms with E-state index in [1.54, 1.807) is 7.11 Å². The predicted octanol–water partition coefficient (Wildman–Crippen LogP) is 3.31. The molecule has 0 amide bonds. The average Bonchev–Trinajstić information content (AvgIpc) is 3.10. The molecule has 1 N–H and O–H groups in total. The largest absolute Gasteiger partial charge is 0.493 e. The molecule has 0 aromatic carbocycles. The molecule has 0 radical (unpaired) electrons. The van der Waals surface area contributed by atoms with Crippen molar-refractivity contribution in [2.24, 2.45) is 5.92 Å². The number of nitrogens with one attached hydrogen (secondary N) is 1. The Morgan fingerprint density at radius 1 is 1.47 bits per heavy atom. The van der Waals surface area contributed by atoms with Gasteiger partial charge in [-0.25, -0.2) is 0 Å². The molecule has 1 atom stereocenters. The van der Waals surface area contributed by atoms with Crippen LogP contribution >= 0.6 is 0 Å². The Bertz CT molecular complexity index is 396. The molecule has 1 aliphatic carbocycles. The van der Waals surface area contributed by atoms with Gasteiger partial charge in [-0.1, -0.05) is 19.8 Å². The third-order valence-corrected chi connectivity index (χ3v) is 3.74. The second-order valence-electron chi connectivity index (χ2n) is 5.82. The molecule has 1 aromatic heterocycles. The number of methoxy groups -OCH3 is 1. The molecule has 0 spiro atoms. The van der Waals surface area contributed by atoms with Crippen molar-refractivity contribution in [3.63, 3.8) is 0 Å². The van der Waals surface area contributed by atoms with Crippen molar-refractivity contribution in [1.82, 2.24) is 15.1 Å². The van der Waals surface area contributed by atoms with Gasteiger partial charge >= 0.3 is 0 Å². The summed E-state index contributed by atoms with van der Waals surface area (Å²) in [6.07, 6.45) is 6.96. The quantitative estimate of drug-likeness (QED) is 0.783. The van der Waals surface area contributed by atoms with Crippen LogP contribution in [0.15, 0.2) is 6.20 Å². The van der Waals surface area contributed by atoms with Gasteiger partial charge in [0.05, 0.1) is 25.0 Å². The predicted molar refractivity (Wildman–Crippen MR) is 77.5 cm³/mol. The van der Waals surface area contributed by atoms with E-state index in [4.69, 9.17) is 4.74 Å². The Morgan fingerprint density at radius 3 is 2.74 bits per heavy atom. The Kier molecular flexibility index (Phi) is 4.86. The van der Waals surface area contributed by atoms with Gasteiger partial charge in [-0.3, -0.25) is 4.68 Å². The van der Waals surface area contributed by atoms with Gasteiger partial charge in [0.25, 0.3) is 0 Å². The van der Waals surface area contributed by atoms with Gasteiger partial charge in [-0.2, -0.15) is 5.10 Å². The fourth-order valence-electron chi connectivity index (χ4n) is 2.55. The third kappa shape index (κ3) is 3.50. The number of ether oxygens (including phenoxy) is 1. The second kappa shape index (κ2) is 6.42.